The molecule has 5 heteroatoms. The summed E-state index contributed by atoms with van der Waals surface area (Å²) in [6, 6.07) is 0. The molecule has 27 heavy (non-hydrogen) atoms. The molecule has 0 unspecified atom stereocenters. The van der Waals surface area contributed by atoms with Gasteiger partial charge in [-0.3, -0.25) is 0 Å². The summed E-state index contributed by atoms with van der Waals surface area (Å²) in [5.74, 6) is 4.90. The van der Waals surface area contributed by atoms with Crippen LogP contribution in [0.3, 0.4) is 0 Å². The Morgan fingerprint density at radius 1 is 1.11 bits per heavy atom. The molecule has 0 saturated carbocycles. The Morgan fingerprint density at radius 3 is 2.37 bits per heavy atom. The van der Waals surface area contributed by atoms with Crippen molar-refractivity contribution in [3.8, 4) is 11.8 Å². The Morgan fingerprint density at radius 2 is 1.78 bits per heavy atom. The number of hydrogen-bond acceptors (Lipinski definition) is 5. The van der Waals surface area contributed by atoms with Gasteiger partial charge in [-0.15, -0.1) is 0 Å². The molecule has 4 nitrogen and oxygen atoms in total. The molecular weight excluding hydrogens is 360 g/mol. The zero-order chi connectivity index (χ0) is 20.1. The SMILES string of the molecule is CCCCCCC#CC1=CCC(=S)C(C=C(C(=O)OCC)C(=O)OCC)=C1. The first-order chi connectivity index (χ1) is 13.0. The lowest BCUT2D eigenvalue weighted by Crippen LogP contribution is -2.19. The van der Waals surface area contributed by atoms with Gasteiger partial charge in [-0.2, -0.15) is 0 Å². The standard InChI is InChI=1S/C22H28O4S/c1-4-7-8-9-10-11-12-17-13-14-20(27)18(15-17)16-19(21(23)25-5-2)22(24)26-6-3/h13,15-16H,4-10,14H2,1-3H3. The quantitative estimate of drug-likeness (QED) is 0.110. The Labute approximate surface area is 167 Å². The summed E-state index contributed by atoms with van der Waals surface area (Å²) in [5, 5.41) is 0. The van der Waals surface area contributed by atoms with Crippen LogP contribution in [0.2, 0.25) is 0 Å². The van der Waals surface area contributed by atoms with Crippen LogP contribution in [0.4, 0.5) is 0 Å². The molecule has 0 fully saturated rings. The molecule has 1 rings (SSSR count). The summed E-state index contributed by atoms with van der Waals surface area (Å²) in [6.07, 6.45) is 11.4. The lowest BCUT2D eigenvalue weighted by atomic mass is 9.97. The van der Waals surface area contributed by atoms with Gasteiger partial charge in [-0.25, -0.2) is 9.59 Å². The molecular formula is C22H28O4S. The molecule has 1 aliphatic carbocycles. The van der Waals surface area contributed by atoms with Crippen LogP contribution in [0.5, 0.6) is 0 Å². The fraction of sp³-hybridized carbons (Fsp3) is 0.500. The van der Waals surface area contributed by atoms with Crippen LogP contribution in [0, 0.1) is 11.8 Å². The highest BCUT2D eigenvalue weighted by atomic mass is 32.1. The number of thiocarbonyl (C=S) groups is 1. The number of hydrogen-bond donors (Lipinski definition) is 0. The fourth-order valence-electron chi connectivity index (χ4n) is 2.42. The summed E-state index contributed by atoms with van der Waals surface area (Å²) in [7, 11) is 0. The fourth-order valence-corrected chi connectivity index (χ4v) is 2.62. The third-order valence-corrected chi connectivity index (χ3v) is 4.22. The molecule has 0 amide bonds. The molecule has 1 aliphatic rings. The van der Waals surface area contributed by atoms with E-state index in [0.717, 1.165) is 18.4 Å². The van der Waals surface area contributed by atoms with Crippen molar-refractivity contribution in [1.82, 2.24) is 0 Å². The molecule has 0 aliphatic heterocycles. The highest BCUT2D eigenvalue weighted by Crippen LogP contribution is 2.19. The highest BCUT2D eigenvalue weighted by molar-refractivity contribution is 7.80. The van der Waals surface area contributed by atoms with Crippen molar-refractivity contribution >= 4 is 29.0 Å². The van der Waals surface area contributed by atoms with Gasteiger partial charge >= 0.3 is 11.9 Å². The van der Waals surface area contributed by atoms with Crippen LogP contribution in [0.1, 0.15) is 59.3 Å². The molecule has 0 heterocycles. The smallest absolute Gasteiger partial charge is 0.345 e. The number of allylic oxidation sites excluding steroid dienone is 5. The molecule has 0 bridgehead atoms. The van der Waals surface area contributed by atoms with Crippen LogP contribution in [-0.2, 0) is 19.1 Å². The van der Waals surface area contributed by atoms with E-state index in [0.29, 0.717) is 16.9 Å². The lowest BCUT2D eigenvalue weighted by Gasteiger charge is -2.11. The largest absolute Gasteiger partial charge is 0.462 e. The van der Waals surface area contributed by atoms with Crippen molar-refractivity contribution in [2.24, 2.45) is 0 Å². The van der Waals surface area contributed by atoms with E-state index in [4.69, 9.17) is 21.7 Å². The van der Waals surface area contributed by atoms with Crippen molar-refractivity contribution in [2.45, 2.75) is 59.3 Å². The van der Waals surface area contributed by atoms with Gasteiger partial charge in [0, 0.05) is 23.3 Å². The molecule has 0 atom stereocenters. The van der Waals surface area contributed by atoms with Gasteiger partial charge in [0.05, 0.1) is 13.2 Å². The number of carbonyl (C=O) groups is 2. The monoisotopic (exact) mass is 388 g/mol. The number of unbranched alkanes of at least 4 members (excludes halogenated alkanes) is 4. The van der Waals surface area contributed by atoms with Crippen LogP contribution in [-0.4, -0.2) is 30.0 Å². The second-order valence-electron chi connectivity index (χ2n) is 6.00. The van der Waals surface area contributed by atoms with Crippen molar-refractivity contribution in [1.29, 1.82) is 0 Å². The second kappa shape index (κ2) is 13.1. The van der Waals surface area contributed by atoms with Gasteiger partial charge in [0.25, 0.3) is 0 Å². The zero-order valence-corrected chi connectivity index (χ0v) is 17.2. The second-order valence-corrected chi connectivity index (χ2v) is 6.49. The third kappa shape index (κ3) is 8.36. The number of ether oxygens (including phenoxy) is 2. The normalized spacial score (nSPS) is 12.9. The minimum atomic E-state index is -0.710. The van der Waals surface area contributed by atoms with Crippen LogP contribution < -0.4 is 0 Å². The number of carbonyl (C=O) groups excluding carboxylic acids is 2. The van der Waals surface area contributed by atoms with E-state index in [-0.39, 0.29) is 18.8 Å². The van der Waals surface area contributed by atoms with Crippen molar-refractivity contribution in [2.75, 3.05) is 13.2 Å². The number of rotatable bonds is 9. The average Bonchev–Trinajstić information content (AvgIpc) is 2.64. The topological polar surface area (TPSA) is 52.6 Å². The van der Waals surface area contributed by atoms with Crippen molar-refractivity contribution < 1.29 is 19.1 Å². The first-order valence-electron chi connectivity index (χ1n) is 9.53. The van der Waals surface area contributed by atoms with E-state index in [1.54, 1.807) is 13.8 Å². The van der Waals surface area contributed by atoms with Crippen molar-refractivity contribution in [3.05, 3.63) is 34.9 Å². The first kappa shape index (κ1) is 22.9. The van der Waals surface area contributed by atoms with Gasteiger partial charge in [-0.1, -0.05) is 56.3 Å². The molecule has 0 radical (unpaired) electrons. The van der Waals surface area contributed by atoms with E-state index in [1.165, 1.54) is 25.3 Å². The van der Waals surface area contributed by atoms with Gasteiger partial charge < -0.3 is 9.47 Å². The molecule has 0 aromatic heterocycles. The summed E-state index contributed by atoms with van der Waals surface area (Å²) >= 11 is 5.37. The third-order valence-electron chi connectivity index (χ3n) is 3.82. The lowest BCUT2D eigenvalue weighted by molar-refractivity contribution is -0.146. The zero-order valence-electron chi connectivity index (χ0n) is 16.4. The Balaban J connectivity index is 2.96. The van der Waals surface area contributed by atoms with Gasteiger partial charge in [-0.05, 0) is 38.0 Å². The van der Waals surface area contributed by atoms with Crippen LogP contribution in [0.25, 0.3) is 0 Å². The molecule has 0 aromatic rings. The molecule has 0 saturated heterocycles. The summed E-state index contributed by atoms with van der Waals surface area (Å²) in [6.45, 7) is 5.90. The highest BCUT2D eigenvalue weighted by Gasteiger charge is 2.22. The Kier molecular flexibility index (Phi) is 11.0. The molecule has 146 valence electrons. The van der Waals surface area contributed by atoms with Gasteiger partial charge in [0.1, 0.15) is 5.57 Å². The maximum absolute atomic E-state index is 12.1. The molecule has 0 spiro atoms. The summed E-state index contributed by atoms with van der Waals surface area (Å²) in [4.78, 5) is 24.9. The maximum Gasteiger partial charge on any atom is 0.345 e. The predicted molar refractivity (Wildman–Crippen MR) is 111 cm³/mol. The van der Waals surface area contributed by atoms with E-state index in [1.807, 2.05) is 12.2 Å². The number of esters is 2. The van der Waals surface area contributed by atoms with Gasteiger partial charge in [0.2, 0.25) is 0 Å². The van der Waals surface area contributed by atoms with Crippen LogP contribution in [0.15, 0.2) is 34.9 Å². The van der Waals surface area contributed by atoms with E-state index >= 15 is 0 Å². The first-order valence-corrected chi connectivity index (χ1v) is 9.94. The van der Waals surface area contributed by atoms with Crippen molar-refractivity contribution in [3.63, 3.8) is 0 Å². The van der Waals surface area contributed by atoms with E-state index < -0.39 is 11.9 Å². The average molecular weight is 389 g/mol. The summed E-state index contributed by atoms with van der Waals surface area (Å²) in [5.41, 5.74) is 1.32. The molecule has 0 aromatic carbocycles. The predicted octanol–water partition coefficient (Wildman–Crippen LogP) is 4.64. The van der Waals surface area contributed by atoms with E-state index in [9.17, 15) is 9.59 Å². The Bertz CT molecular complexity index is 682. The van der Waals surface area contributed by atoms with Gasteiger partial charge in [0.15, 0.2) is 0 Å². The minimum absolute atomic E-state index is 0.152. The van der Waals surface area contributed by atoms with Crippen LogP contribution >= 0.6 is 12.2 Å². The van der Waals surface area contributed by atoms with E-state index in [2.05, 4.69) is 18.8 Å². The summed E-state index contributed by atoms with van der Waals surface area (Å²) < 4.78 is 9.93. The molecule has 0 N–H and O–H groups in total. The minimum Gasteiger partial charge on any atom is -0.462 e. The maximum atomic E-state index is 12.1. The Hall–Kier alpha value is -2.19.